The van der Waals surface area contributed by atoms with Crippen molar-refractivity contribution in [3.05, 3.63) is 12.3 Å². The van der Waals surface area contributed by atoms with E-state index < -0.39 is 0 Å². The van der Waals surface area contributed by atoms with E-state index in [9.17, 15) is 14.4 Å². The largest absolute Gasteiger partial charge is 0.341 e. The average Bonchev–Trinajstić information content (AvgIpc) is 3.23. The van der Waals surface area contributed by atoms with Gasteiger partial charge < -0.3 is 15.1 Å². The first kappa shape index (κ1) is 19.4. The Bertz CT molecular complexity index is 691. The number of aromatic nitrogens is 2. The number of carbonyl (C=O) groups is 3. The van der Waals surface area contributed by atoms with E-state index in [4.69, 9.17) is 0 Å². The van der Waals surface area contributed by atoms with E-state index in [0.29, 0.717) is 44.2 Å². The van der Waals surface area contributed by atoms with Crippen LogP contribution in [0.15, 0.2) is 12.3 Å². The van der Waals surface area contributed by atoms with Gasteiger partial charge in [0, 0.05) is 38.5 Å². The molecule has 1 aromatic heterocycles. The topological polar surface area (TPSA) is 87.5 Å². The normalized spacial score (nSPS) is 18.4. The van der Waals surface area contributed by atoms with Gasteiger partial charge in [0.25, 0.3) is 0 Å². The fraction of sp³-hybridized carbons (Fsp3) is 0.684. The van der Waals surface area contributed by atoms with Crippen molar-refractivity contribution >= 4 is 23.5 Å². The molecule has 0 unspecified atom stereocenters. The van der Waals surface area contributed by atoms with Crippen molar-refractivity contribution < 1.29 is 14.4 Å². The molecule has 3 amide bonds. The minimum absolute atomic E-state index is 0.00496. The first-order chi connectivity index (χ1) is 12.9. The standard InChI is InChI=1S/C19H29N5O3/c1-14(2)12-17(25)21-16-5-8-20-24(16)15-6-10-22(11-7-15)19(27)13-23-9-3-4-18(23)26/h5,8,14-15H,3-4,6-7,9-13H2,1-2H3,(H,21,25). The molecule has 0 aliphatic carbocycles. The summed E-state index contributed by atoms with van der Waals surface area (Å²) in [6.07, 6.45) is 5.15. The second-order valence-electron chi connectivity index (χ2n) is 7.84. The predicted octanol–water partition coefficient (Wildman–Crippen LogP) is 1.65. The highest BCUT2D eigenvalue weighted by molar-refractivity contribution is 5.90. The molecule has 8 nitrogen and oxygen atoms in total. The number of piperidine rings is 1. The second kappa shape index (κ2) is 8.54. The lowest BCUT2D eigenvalue weighted by Crippen LogP contribution is -2.44. The summed E-state index contributed by atoms with van der Waals surface area (Å²) in [5.41, 5.74) is 0. The molecular weight excluding hydrogens is 346 g/mol. The van der Waals surface area contributed by atoms with E-state index in [1.165, 1.54) is 0 Å². The molecule has 0 saturated carbocycles. The van der Waals surface area contributed by atoms with Crippen molar-refractivity contribution in [2.45, 2.75) is 52.0 Å². The molecule has 1 aromatic rings. The molecule has 2 saturated heterocycles. The smallest absolute Gasteiger partial charge is 0.242 e. The average molecular weight is 375 g/mol. The predicted molar refractivity (Wildman–Crippen MR) is 101 cm³/mol. The number of hydrogen-bond donors (Lipinski definition) is 1. The van der Waals surface area contributed by atoms with Gasteiger partial charge in [0.1, 0.15) is 5.82 Å². The van der Waals surface area contributed by atoms with Gasteiger partial charge in [0.05, 0.1) is 18.8 Å². The fourth-order valence-electron chi connectivity index (χ4n) is 3.76. The maximum absolute atomic E-state index is 12.5. The second-order valence-corrected chi connectivity index (χ2v) is 7.84. The van der Waals surface area contributed by atoms with Gasteiger partial charge in [-0.05, 0) is 25.2 Å². The third-order valence-corrected chi connectivity index (χ3v) is 5.19. The monoisotopic (exact) mass is 375 g/mol. The molecule has 0 bridgehead atoms. The van der Waals surface area contributed by atoms with Crippen LogP contribution in [0.4, 0.5) is 5.82 Å². The summed E-state index contributed by atoms with van der Waals surface area (Å²) >= 11 is 0. The van der Waals surface area contributed by atoms with Crippen LogP contribution < -0.4 is 5.32 Å². The summed E-state index contributed by atoms with van der Waals surface area (Å²) in [4.78, 5) is 39.7. The number of nitrogens with one attached hydrogen (secondary N) is 1. The zero-order valence-electron chi connectivity index (χ0n) is 16.2. The molecule has 3 rings (SSSR count). The number of amides is 3. The lowest BCUT2D eigenvalue weighted by molar-refractivity contribution is -0.139. The summed E-state index contributed by atoms with van der Waals surface area (Å²) < 4.78 is 1.87. The first-order valence-electron chi connectivity index (χ1n) is 9.83. The highest BCUT2D eigenvalue weighted by atomic mass is 16.2. The molecule has 8 heteroatoms. The van der Waals surface area contributed by atoms with Crippen LogP contribution >= 0.6 is 0 Å². The van der Waals surface area contributed by atoms with Crippen LogP contribution in [0.5, 0.6) is 0 Å². The van der Waals surface area contributed by atoms with Crippen LogP contribution in [0.2, 0.25) is 0 Å². The van der Waals surface area contributed by atoms with Crippen LogP contribution in [-0.2, 0) is 14.4 Å². The van der Waals surface area contributed by atoms with Crippen molar-refractivity contribution in [2.75, 3.05) is 31.5 Å². The van der Waals surface area contributed by atoms with Gasteiger partial charge >= 0.3 is 0 Å². The molecule has 2 fully saturated rings. The van der Waals surface area contributed by atoms with Crippen molar-refractivity contribution in [3.63, 3.8) is 0 Å². The third-order valence-electron chi connectivity index (χ3n) is 5.19. The van der Waals surface area contributed by atoms with Gasteiger partial charge in [-0.2, -0.15) is 5.10 Å². The van der Waals surface area contributed by atoms with E-state index in [1.54, 1.807) is 11.1 Å². The van der Waals surface area contributed by atoms with Gasteiger partial charge in [-0.15, -0.1) is 0 Å². The Morgan fingerprint density at radius 2 is 2.00 bits per heavy atom. The quantitative estimate of drug-likeness (QED) is 0.819. The van der Waals surface area contributed by atoms with E-state index >= 15 is 0 Å². The Morgan fingerprint density at radius 3 is 2.63 bits per heavy atom. The Morgan fingerprint density at radius 1 is 1.26 bits per heavy atom. The molecule has 0 radical (unpaired) electrons. The highest BCUT2D eigenvalue weighted by Crippen LogP contribution is 2.26. The number of rotatable bonds is 6. The van der Waals surface area contributed by atoms with Crippen LogP contribution in [0.25, 0.3) is 0 Å². The number of likely N-dealkylation sites (tertiary alicyclic amines) is 2. The zero-order chi connectivity index (χ0) is 19.4. The number of nitrogens with zero attached hydrogens (tertiary/aromatic N) is 4. The van der Waals surface area contributed by atoms with Crippen molar-refractivity contribution in [1.82, 2.24) is 19.6 Å². The fourth-order valence-corrected chi connectivity index (χ4v) is 3.76. The summed E-state index contributed by atoms with van der Waals surface area (Å²) in [6, 6.07) is 1.97. The van der Waals surface area contributed by atoms with Gasteiger partial charge in [-0.1, -0.05) is 13.8 Å². The molecule has 27 heavy (non-hydrogen) atoms. The third kappa shape index (κ3) is 4.87. The van der Waals surface area contributed by atoms with E-state index in [0.717, 1.165) is 19.3 Å². The Hall–Kier alpha value is -2.38. The maximum Gasteiger partial charge on any atom is 0.242 e. The molecule has 2 aliphatic heterocycles. The maximum atomic E-state index is 12.5. The molecule has 2 aliphatic rings. The molecule has 1 N–H and O–H groups in total. The van der Waals surface area contributed by atoms with Crippen molar-refractivity contribution in [1.29, 1.82) is 0 Å². The molecule has 148 valence electrons. The highest BCUT2D eigenvalue weighted by Gasteiger charge is 2.29. The molecule has 0 aromatic carbocycles. The van der Waals surface area contributed by atoms with Gasteiger partial charge in [0.15, 0.2) is 0 Å². The van der Waals surface area contributed by atoms with Gasteiger partial charge in [-0.25, -0.2) is 4.68 Å². The van der Waals surface area contributed by atoms with E-state index in [-0.39, 0.29) is 30.3 Å². The van der Waals surface area contributed by atoms with Crippen LogP contribution in [0, 0.1) is 5.92 Å². The Labute approximate surface area is 159 Å². The van der Waals surface area contributed by atoms with Crippen LogP contribution in [0.1, 0.15) is 52.0 Å². The minimum Gasteiger partial charge on any atom is -0.341 e. The lowest BCUT2D eigenvalue weighted by Gasteiger charge is -2.33. The number of carbonyl (C=O) groups excluding carboxylic acids is 3. The molecule has 0 atom stereocenters. The summed E-state index contributed by atoms with van der Waals surface area (Å²) in [5, 5.41) is 7.32. The molecule has 3 heterocycles. The summed E-state index contributed by atoms with van der Waals surface area (Å²) in [7, 11) is 0. The Kier molecular flexibility index (Phi) is 6.13. The van der Waals surface area contributed by atoms with E-state index in [2.05, 4.69) is 10.4 Å². The first-order valence-corrected chi connectivity index (χ1v) is 9.83. The molecule has 0 spiro atoms. The van der Waals surface area contributed by atoms with Crippen LogP contribution in [0.3, 0.4) is 0 Å². The number of hydrogen-bond acceptors (Lipinski definition) is 4. The van der Waals surface area contributed by atoms with Crippen LogP contribution in [-0.4, -0.2) is 63.5 Å². The van der Waals surface area contributed by atoms with Gasteiger partial charge in [0.2, 0.25) is 17.7 Å². The van der Waals surface area contributed by atoms with E-state index in [1.807, 2.05) is 29.5 Å². The Balaban J connectivity index is 1.52. The SMILES string of the molecule is CC(C)CC(=O)Nc1ccnn1C1CCN(C(=O)CN2CCCC2=O)CC1. The van der Waals surface area contributed by atoms with Gasteiger partial charge in [-0.3, -0.25) is 14.4 Å². The lowest BCUT2D eigenvalue weighted by atomic mass is 10.1. The number of anilines is 1. The molecular formula is C19H29N5O3. The zero-order valence-corrected chi connectivity index (χ0v) is 16.2. The minimum atomic E-state index is -0.00496. The summed E-state index contributed by atoms with van der Waals surface area (Å²) in [6.45, 7) is 6.20. The summed E-state index contributed by atoms with van der Waals surface area (Å²) in [5.74, 6) is 1.12. The van der Waals surface area contributed by atoms with Crippen molar-refractivity contribution in [3.8, 4) is 0 Å². The van der Waals surface area contributed by atoms with Crippen molar-refractivity contribution in [2.24, 2.45) is 5.92 Å².